The molecular formula is C53H33N5. The van der Waals surface area contributed by atoms with Gasteiger partial charge in [-0.3, -0.25) is 0 Å². The van der Waals surface area contributed by atoms with Gasteiger partial charge in [0.1, 0.15) is 0 Å². The Balaban J connectivity index is 1.15. The van der Waals surface area contributed by atoms with Crippen molar-refractivity contribution in [2.75, 3.05) is 0 Å². The summed E-state index contributed by atoms with van der Waals surface area (Å²) in [5.74, 6) is 1.32. The van der Waals surface area contributed by atoms with E-state index in [4.69, 9.17) is 26.5 Å². The van der Waals surface area contributed by atoms with Gasteiger partial charge in [0.15, 0.2) is 17.3 Å². The summed E-state index contributed by atoms with van der Waals surface area (Å²) in [6.07, 6.45) is 7.61. The van der Waals surface area contributed by atoms with Crippen molar-refractivity contribution in [2.45, 2.75) is 12.3 Å². The molecule has 1 spiro atoms. The van der Waals surface area contributed by atoms with Crippen molar-refractivity contribution in [1.29, 1.82) is 0 Å². The van der Waals surface area contributed by atoms with Gasteiger partial charge in [-0.15, -0.1) is 0 Å². The summed E-state index contributed by atoms with van der Waals surface area (Å²) in [6, 6.07) is 56.0. The van der Waals surface area contributed by atoms with Crippen LogP contribution in [-0.4, -0.2) is 19.9 Å². The molecule has 270 valence electrons. The molecule has 0 N–H and O–H groups in total. The Morgan fingerprint density at radius 3 is 1.21 bits per heavy atom. The number of fused-ring (bicyclic) bond motifs is 12. The minimum absolute atomic E-state index is 0.606. The standard InChI is InChI=1S/C53H33N5/c1-33-15-17-34(18-16-33)38-29-55-51(56-30-38)36-21-25-45-41-9-3-4-10-42(41)46-26-22-37(52-57-31-39(32-58-52)35-19-23-40(54-2)24-20-35)28-50(46)53(49(45)27-36)47-13-7-5-11-43(47)44-12-6-8-14-48(44)53/h3-32H,1H3. The Kier molecular flexibility index (Phi) is 7.60. The molecular weight excluding hydrogens is 707 g/mol. The van der Waals surface area contributed by atoms with Crippen LogP contribution in [0, 0.1) is 13.5 Å². The molecule has 0 amide bonds. The zero-order chi connectivity index (χ0) is 38.8. The molecule has 0 bridgehead atoms. The molecule has 0 atom stereocenters. The highest BCUT2D eigenvalue weighted by Crippen LogP contribution is 2.62. The lowest BCUT2D eigenvalue weighted by Gasteiger charge is -2.36. The van der Waals surface area contributed by atoms with Crippen LogP contribution >= 0.6 is 0 Å². The molecule has 2 aliphatic carbocycles. The highest BCUT2D eigenvalue weighted by atomic mass is 14.9. The third-order valence-corrected chi connectivity index (χ3v) is 11.8. The summed E-state index contributed by atoms with van der Waals surface area (Å²) in [5.41, 5.74) is 18.9. The van der Waals surface area contributed by atoms with Gasteiger partial charge < -0.3 is 0 Å². The third kappa shape index (κ3) is 5.09. The van der Waals surface area contributed by atoms with Crippen LogP contribution in [0.4, 0.5) is 5.69 Å². The molecule has 0 unspecified atom stereocenters. The van der Waals surface area contributed by atoms with E-state index in [1.807, 2.05) is 49.1 Å². The number of hydrogen-bond donors (Lipinski definition) is 0. The highest BCUT2D eigenvalue weighted by Gasteiger charge is 2.50. The first-order valence-electron chi connectivity index (χ1n) is 19.4. The first-order chi connectivity index (χ1) is 28.6. The van der Waals surface area contributed by atoms with Crippen molar-refractivity contribution < 1.29 is 0 Å². The van der Waals surface area contributed by atoms with Gasteiger partial charge in [-0.05, 0) is 85.8 Å². The van der Waals surface area contributed by atoms with Gasteiger partial charge in [-0.2, -0.15) is 0 Å². The van der Waals surface area contributed by atoms with Crippen molar-refractivity contribution in [3.05, 3.63) is 222 Å². The summed E-state index contributed by atoms with van der Waals surface area (Å²) in [5, 5.41) is 0. The van der Waals surface area contributed by atoms with Crippen LogP contribution in [0.1, 0.15) is 27.8 Å². The van der Waals surface area contributed by atoms with Gasteiger partial charge in [0.05, 0.1) is 12.0 Å². The second-order valence-corrected chi connectivity index (χ2v) is 15.0. The number of hydrogen-bond acceptors (Lipinski definition) is 4. The normalized spacial score (nSPS) is 12.7. The Labute approximate surface area is 336 Å². The molecule has 0 saturated heterocycles. The minimum atomic E-state index is -0.699. The second kappa shape index (κ2) is 13.2. The van der Waals surface area contributed by atoms with E-state index >= 15 is 0 Å². The van der Waals surface area contributed by atoms with E-state index in [-0.39, 0.29) is 0 Å². The number of aryl methyl sites for hydroxylation is 1. The zero-order valence-electron chi connectivity index (χ0n) is 31.6. The summed E-state index contributed by atoms with van der Waals surface area (Å²) >= 11 is 0. The maximum absolute atomic E-state index is 7.33. The highest BCUT2D eigenvalue weighted by molar-refractivity contribution is 5.98. The van der Waals surface area contributed by atoms with Crippen molar-refractivity contribution in [3.63, 3.8) is 0 Å². The molecule has 2 aliphatic rings. The van der Waals surface area contributed by atoms with E-state index < -0.39 is 5.41 Å². The van der Waals surface area contributed by atoms with Gasteiger partial charge in [-0.25, -0.2) is 24.8 Å². The molecule has 2 heterocycles. The minimum Gasteiger partial charge on any atom is -0.238 e. The fourth-order valence-electron chi connectivity index (χ4n) is 9.10. The molecule has 0 aliphatic heterocycles. The number of benzene rings is 7. The largest absolute Gasteiger partial charge is 0.238 e. The summed E-state index contributed by atoms with van der Waals surface area (Å²) < 4.78 is 0. The number of nitrogens with zero attached hydrogens (tertiary/aromatic N) is 5. The van der Waals surface area contributed by atoms with E-state index in [1.165, 1.54) is 61.2 Å². The molecule has 58 heavy (non-hydrogen) atoms. The van der Waals surface area contributed by atoms with E-state index in [9.17, 15) is 0 Å². The van der Waals surface area contributed by atoms with E-state index in [1.54, 1.807) is 0 Å². The van der Waals surface area contributed by atoms with E-state index in [0.717, 1.165) is 33.4 Å². The lowest BCUT2D eigenvalue weighted by atomic mass is 9.65. The predicted octanol–water partition coefficient (Wildman–Crippen LogP) is 12.8. The van der Waals surface area contributed by atoms with Crippen LogP contribution in [0.25, 0.3) is 83.3 Å². The summed E-state index contributed by atoms with van der Waals surface area (Å²) in [7, 11) is 0. The molecule has 5 heteroatoms. The van der Waals surface area contributed by atoms with E-state index in [0.29, 0.717) is 17.3 Å². The molecule has 0 fully saturated rings. The molecule has 0 saturated carbocycles. The van der Waals surface area contributed by atoms with Crippen molar-refractivity contribution in [1.82, 2.24) is 19.9 Å². The van der Waals surface area contributed by atoms with Gasteiger partial charge in [-0.1, -0.05) is 151 Å². The average Bonchev–Trinajstić information content (AvgIpc) is 3.54. The van der Waals surface area contributed by atoms with Crippen molar-refractivity contribution >= 4 is 5.69 Å². The fourth-order valence-corrected chi connectivity index (χ4v) is 9.10. The van der Waals surface area contributed by atoms with Crippen LogP contribution in [0.3, 0.4) is 0 Å². The molecule has 7 aromatic carbocycles. The summed E-state index contributed by atoms with van der Waals surface area (Å²) in [6.45, 7) is 9.42. The van der Waals surface area contributed by atoms with Crippen LogP contribution in [0.2, 0.25) is 0 Å². The van der Waals surface area contributed by atoms with E-state index in [2.05, 4.69) is 145 Å². The Hall–Kier alpha value is -7.81. The Morgan fingerprint density at radius 1 is 0.379 bits per heavy atom. The zero-order valence-corrected chi connectivity index (χ0v) is 31.6. The Morgan fingerprint density at radius 2 is 0.759 bits per heavy atom. The molecule has 0 radical (unpaired) electrons. The van der Waals surface area contributed by atoms with Crippen molar-refractivity contribution in [3.8, 4) is 78.4 Å². The quantitative estimate of drug-likeness (QED) is 0.169. The topological polar surface area (TPSA) is 55.9 Å². The summed E-state index contributed by atoms with van der Waals surface area (Å²) in [4.78, 5) is 23.3. The molecule has 11 rings (SSSR count). The lowest BCUT2D eigenvalue weighted by Crippen LogP contribution is -2.29. The lowest BCUT2D eigenvalue weighted by molar-refractivity contribution is 0.775. The van der Waals surface area contributed by atoms with Gasteiger partial charge >= 0.3 is 0 Å². The predicted molar refractivity (Wildman–Crippen MR) is 232 cm³/mol. The first-order valence-corrected chi connectivity index (χ1v) is 19.4. The van der Waals surface area contributed by atoms with Gasteiger partial charge in [0.2, 0.25) is 0 Å². The monoisotopic (exact) mass is 739 g/mol. The maximum atomic E-state index is 7.33. The van der Waals surface area contributed by atoms with Crippen LogP contribution < -0.4 is 0 Å². The fraction of sp³-hybridized carbons (Fsp3) is 0.0377. The van der Waals surface area contributed by atoms with Gasteiger partial charge in [0.25, 0.3) is 0 Å². The van der Waals surface area contributed by atoms with Crippen LogP contribution in [-0.2, 0) is 5.41 Å². The smallest absolute Gasteiger partial charge is 0.187 e. The third-order valence-electron chi connectivity index (χ3n) is 11.8. The SMILES string of the molecule is [C-]#[N+]c1ccc(-c2cnc(-c3ccc4c(c3)C3(c5cc(-c6ncc(-c7ccc(C)cc7)cn6)ccc5-c5ccccc5-4)c4ccccc4-c4ccccc43)nc2)cc1. The number of rotatable bonds is 4. The second-order valence-electron chi connectivity index (χ2n) is 15.0. The van der Waals surface area contributed by atoms with Crippen LogP contribution in [0.15, 0.2) is 183 Å². The molecule has 9 aromatic rings. The Bertz CT molecular complexity index is 3060. The van der Waals surface area contributed by atoms with Crippen molar-refractivity contribution in [2.24, 2.45) is 0 Å². The average molecular weight is 740 g/mol. The maximum Gasteiger partial charge on any atom is 0.187 e. The van der Waals surface area contributed by atoms with Crippen LogP contribution in [0.5, 0.6) is 0 Å². The molecule has 5 nitrogen and oxygen atoms in total. The molecule has 2 aromatic heterocycles. The number of aromatic nitrogens is 4. The van der Waals surface area contributed by atoms with Gasteiger partial charge in [0, 0.05) is 47.0 Å². The first kappa shape index (κ1) is 33.5.